The lowest BCUT2D eigenvalue weighted by Crippen LogP contribution is -2.19. The van der Waals surface area contributed by atoms with Gasteiger partial charge in [0.15, 0.2) is 0 Å². The van der Waals surface area contributed by atoms with E-state index in [2.05, 4.69) is 49.2 Å². The average molecular weight is 330 g/mol. The zero-order valence-electron chi connectivity index (χ0n) is 16.0. The molecule has 0 bridgehead atoms. The Morgan fingerprint density at radius 2 is 1.79 bits per heavy atom. The lowest BCUT2D eigenvalue weighted by molar-refractivity contribution is 0.676. The van der Waals surface area contributed by atoms with Crippen molar-refractivity contribution in [1.82, 2.24) is 20.1 Å². The molecule has 0 radical (unpaired) electrons. The minimum atomic E-state index is 0.405. The second kappa shape index (κ2) is 7.66. The maximum atomic E-state index is 4.71. The van der Waals surface area contributed by atoms with Gasteiger partial charge in [0, 0.05) is 60.1 Å². The van der Waals surface area contributed by atoms with E-state index in [0.29, 0.717) is 5.92 Å². The van der Waals surface area contributed by atoms with Crippen LogP contribution in [0.2, 0.25) is 0 Å². The molecule has 2 aromatic rings. The van der Waals surface area contributed by atoms with Crippen LogP contribution in [-0.2, 0) is 20.1 Å². The highest BCUT2D eigenvalue weighted by molar-refractivity contribution is 5.50. The van der Waals surface area contributed by atoms with E-state index in [1.54, 1.807) is 0 Å². The summed E-state index contributed by atoms with van der Waals surface area (Å²) >= 11 is 0. The first-order valence-corrected chi connectivity index (χ1v) is 8.37. The standard InChI is InChI=1S/C18H30N6/c1-13(2)17-15(18(23(5)6)24(7)21-17)12-19-10-14-8-9-16(20-11-14)22(3)4/h8-9,11,13,19H,10,12H2,1-7H3. The predicted octanol–water partition coefficient (Wildman–Crippen LogP) is 2.36. The van der Waals surface area contributed by atoms with Crippen LogP contribution in [0.25, 0.3) is 0 Å². The molecule has 2 aromatic heterocycles. The first-order chi connectivity index (χ1) is 11.3. The summed E-state index contributed by atoms with van der Waals surface area (Å²) in [4.78, 5) is 8.59. The summed E-state index contributed by atoms with van der Waals surface area (Å²) in [5, 5.41) is 8.24. The van der Waals surface area contributed by atoms with E-state index in [1.807, 2.05) is 43.0 Å². The molecular formula is C18H30N6. The topological polar surface area (TPSA) is 49.2 Å². The first-order valence-electron chi connectivity index (χ1n) is 8.37. The van der Waals surface area contributed by atoms with E-state index in [9.17, 15) is 0 Å². The Labute approximate surface area is 145 Å². The van der Waals surface area contributed by atoms with E-state index in [-0.39, 0.29) is 0 Å². The number of nitrogens with zero attached hydrogens (tertiary/aromatic N) is 5. The average Bonchev–Trinajstić information content (AvgIpc) is 2.85. The van der Waals surface area contributed by atoms with Gasteiger partial charge in [-0.25, -0.2) is 4.98 Å². The summed E-state index contributed by atoms with van der Waals surface area (Å²) in [6.07, 6.45) is 1.93. The molecule has 0 atom stereocenters. The van der Waals surface area contributed by atoms with Crippen LogP contribution in [0.5, 0.6) is 0 Å². The van der Waals surface area contributed by atoms with Gasteiger partial charge in [-0.1, -0.05) is 19.9 Å². The van der Waals surface area contributed by atoms with Crippen molar-refractivity contribution in [2.75, 3.05) is 38.0 Å². The normalized spacial score (nSPS) is 11.2. The van der Waals surface area contributed by atoms with Crippen LogP contribution in [0.3, 0.4) is 0 Å². The van der Waals surface area contributed by atoms with Crippen LogP contribution >= 0.6 is 0 Å². The van der Waals surface area contributed by atoms with Crippen molar-refractivity contribution < 1.29 is 0 Å². The summed E-state index contributed by atoms with van der Waals surface area (Å²) in [5.74, 6) is 2.54. The fourth-order valence-corrected chi connectivity index (χ4v) is 2.89. The molecule has 24 heavy (non-hydrogen) atoms. The van der Waals surface area contributed by atoms with Crippen LogP contribution in [0.4, 0.5) is 11.6 Å². The molecule has 0 aliphatic rings. The van der Waals surface area contributed by atoms with E-state index in [4.69, 9.17) is 5.10 Å². The van der Waals surface area contributed by atoms with Crippen molar-refractivity contribution in [1.29, 1.82) is 0 Å². The highest BCUT2D eigenvalue weighted by atomic mass is 15.4. The number of pyridine rings is 1. The Kier molecular flexibility index (Phi) is 5.83. The fourth-order valence-electron chi connectivity index (χ4n) is 2.89. The fraction of sp³-hybridized carbons (Fsp3) is 0.556. The van der Waals surface area contributed by atoms with Crippen molar-refractivity contribution in [3.05, 3.63) is 35.2 Å². The van der Waals surface area contributed by atoms with Crippen molar-refractivity contribution >= 4 is 11.6 Å². The van der Waals surface area contributed by atoms with E-state index in [0.717, 1.165) is 30.4 Å². The van der Waals surface area contributed by atoms with Gasteiger partial charge < -0.3 is 15.1 Å². The van der Waals surface area contributed by atoms with Crippen LogP contribution in [0.15, 0.2) is 18.3 Å². The minimum Gasteiger partial charge on any atom is -0.363 e. The summed E-state index contributed by atoms with van der Waals surface area (Å²) in [6.45, 7) is 5.97. The lowest BCUT2D eigenvalue weighted by Gasteiger charge is -2.16. The van der Waals surface area contributed by atoms with E-state index in [1.165, 1.54) is 11.1 Å². The number of anilines is 2. The number of hydrogen-bond acceptors (Lipinski definition) is 5. The van der Waals surface area contributed by atoms with Crippen molar-refractivity contribution in [3.8, 4) is 0 Å². The second-order valence-corrected chi connectivity index (χ2v) is 6.88. The van der Waals surface area contributed by atoms with E-state index >= 15 is 0 Å². The molecule has 2 rings (SSSR count). The number of aromatic nitrogens is 3. The molecule has 6 nitrogen and oxygen atoms in total. The smallest absolute Gasteiger partial charge is 0.130 e. The maximum absolute atomic E-state index is 4.71. The maximum Gasteiger partial charge on any atom is 0.130 e. The van der Waals surface area contributed by atoms with Gasteiger partial charge >= 0.3 is 0 Å². The third-order valence-electron chi connectivity index (χ3n) is 4.01. The van der Waals surface area contributed by atoms with Gasteiger partial charge in [0.1, 0.15) is 11.6 Å². The summed E-state index contributed by atoms with van der Waals surface area (Å²) in [6, 6.07) is 4.17. The highest BCUT2D eigenvalue weighted by Gasteiger charge is 2.19. The zero-order valence-corrected chi connectivity index (χ0v) is 16.0. The second-order valence-electron chi connectivity index (χ2n) is 6.88. The molecule has 0 aliphatic carbocycles. The molecule has 2 heterocycles. The van der Waals surface area contributed by atoms with Crippen molar-refractivity contribution in [3.63, 3.8) is 0 Å². The highest BCUT2D eigenvalue weighted by Crippen LogP contribution is 2.27. The van der Waals surface area contributed by atoms with Crippen molar-refractivity contribution in [2.45, 2.75) is 32.9 Å². The Morgan fingerprint density at radius 3 is 2.29 bits per heavy atom. The first kappa shape index (κ1) is 18.3. The van der Waals surface area contributed by atoms with Gasteiger partial charge in [0.25, 0.3) is 0 Å². The SMILES string of the molecule is CC(C)c1nn(C)c(N(C)C)c1CNCc1ccc(N(C)C)nc1. The number of nitrogens with one attached hydrogen (secondary N) is 1. The van der Waals surface area contributed by atoms with Crippen LogP contribution in [0, 0.1) is 0 Å². The largest absolute Gasteiger partial charge is 0.363 e. The number of hydrogen-bond donors (Lipinski definition) is 1. The molecule has 0 saturated carbocycles. The van der Waals surface area contributed by atoms with Gasteiger partial charge in [-0.2, -0.15) is 5.10 Å². The van der Waals surface area contributed by atoms with E-state index < -0.39 is 0 Å². The quantitative estimate of drug-likeness (QED) is 0.844. The molecule has 0 spiro atoms. The minimum absolute atomic E-state index is 0.405. The van der Waals surface area contributed by atoms with Gasteiger partial charge in [-0.3, -0.25) is 4.68 Å². The Hall–Kier alpha value is -2.08. The number of aryl methyl sites for hydroxylation is 1. The van der Waals surface area contributed by atoms with Crippen molar-refractivity contribution in [2.24, 2.45) is 7.05 Å². The predicted molar refractivity (Wildman–Crippen MR) is 101 cm³/mol. The monoisotopic (exact) mass is 330 g/mol. The Balaban J connectivity index is 2.08. The summed E-state index contributed by atoms with van der Waals surface area (Å²) in [5.41, 5.74) is 3.62. The lowest BCUT2D eigenvalue weighted by atomic mass is 10.1. The molecule has 1 N–H and O–H groups in total. The van der Waals surface area contributed by atoms with Gasteiger partial charge in [0.05, 0.1) is 5.69 Å². The van der Waals surface area contributed by atoms with Gasteiger partial charge in [0.2, 0.25) is 0 Å². The van der Waals surface area contributed by atoms with Crippen LogP contribution in [-0.4, -0.2) is 43.0 Å². The molecule has 0 saturated heterocycles. The number of rotatable bonds is 7. The molecule has 0 aromatic carbocycles. The molecule has 0 fully saturated rings. The molecule has 0 amide bonds. The molecular weight excluding hydrogens is 300 g/mol. The Morgan fingerprint density at radius 1 is 1.08 bits per heavy atom. The molecule has 6 heteroatoms. The van der Waals surface area contributed by atoms with Crippen LogP contribution < -0.4 is 15.1 Å². The summed E-state index contributed by atoms with van der Waals surface area (Å²) in [7, 11) is 10.1. The third kappa shape index (κ3) is 4.06. The summed E-state index contributed by atoms with van der Waals surface area (Å²) < 4.78 is 1.97. The van der Waals surface area contributed by atoms with Gasteiger partial charge in [-0.15, -0.1) is 0 Å². The molecule has 0 unspecified atom stereocenters. The van der Waals surface area contributed by atoms with Gasteiger partial charge in [-0.05, 0) is 17.5 Å². The zero-order chi connectivity index (χ0) is 17.9. The van der Waals surface area contributed by atoms with Crippen LogP contribution in [0.1, 0.15) is 36.6 Å². The molecule has 0 aliphatic heterocycles. The molecule has 132 valence electrons. The third-order valence-corrected chi connectivity index (χ3v) is 4.01. The Bertz CT molecular complexity index is 655.